The molecule has 1 aliphatic heterocycles. The number of thioether (sulfide) groups is 1. The first kappa shape index (κ1) is 21.5. The Kier molecular flexibility index (Phi) is 7.39. The third kappa shape index (κ3) is 5.64. The van der Waals surface area contributed by atoms with Gasteiger partial charge >= 0.3 is 0 Å². The number of nitrogens with zero attached hydrogens (tertiary/aromatic N) is 1. The minimum Gasteiger partial charge on any atom is -0.493 e. The predicted octanol–water partition coefficient (Wildman–Crippen LogP) is 5.66. The van der Waals surface area contributed by atoms with Gasteiger partial charge < -0.3 is 9.47 Å². The highest BCUT2D eigenvalue weighted by molar-refractivity contribution is 9.10. The van der Waals surface area contributed by atoms with Crippen molar-refractivity contribution < 1.29 is 19.1 Å². The summed E-state index contributed by atoms with van der Waals surface area (Å²) >= 11 is 4.38. The maximum Gasteiger partial charge on any atom is 0.293 e. The minimum absolute atomic E-state index is 0.202. The maximum atomic E-state index is 12.7. The molecule has 2 aromatic carbocycles. The first-order valence-electron chi connectivity index (χ1n) is 9.35. The normalized spacial score (nSPS) is 15.3. The molecule has 0 radical (unpaired) electrons. The van der Waals surface area contributed by atoms with Gasteiger partial charge in [0.1, 0.15) is 18.1 Å². The highest BCUT2D eigenvalue weighted by atomic mass is 79.9. The Morgan fingerprint density at radius 1 is 1.07 bits per heavy atom. The van der Waals surface area contributed by atoms with E-state index in [0.717, 1.165) is 33.8 Å². The van der Waals surface area contributed by atoms with Gasteiger partial charge in [0.2, 0.25) is 0 Å². The number of hydrogen-bond acceptors (Lipinski definition) is 5. The van der Waals surface area contributed by atoms with Gasteiger partial charge in [-0.1, -0.05) is 40.5 Å². The summed E-state index contributed by atoms with van der Waals surface area (Å²) in [7, 11) is 0. The van der Waals surface area contributed by atoms with E-state index in [9.17, 15) is 9.59 Å². The standard InChI is InChI=1S/C22H22BrNO4S/c1-3-11-28-19-9-6-17(23)13-16(19)14-20-21(25)24(22(26)29-20)10-12-27-18-7-4-15(2)5-8-18/h4-9,13-14H,3,10-12H2,1-2H3/b20-14-. The van der Waals surface area contributed by atoms with Crippen LogP contribution in [0.15, 0.2) is 51.8 Å². The second-order valence-electron chi connectivity index (χ2n) is 6.53. The van der Waals surface area contributed by atoms with Crippen molar-refractivity contribution in [3.8, 4) is 11.5 Å². The van der Waals surface area contributed by atoms with E-state index in [-0.39, 0.29) is 24.3 Å². The number of carbonyl (C=O) groups is 2. The molecule has 2 aromatic rings. The molecule has 0 aliphatic carbocycles. The van der Waals surface area contributed by atoms with Crippen molar-refractivity contribution in [2.45, 2.75) is 20.3 Å². The van der Waals surface area contributed by atoms with Crippen molar-refractivity contribution in [1.82, 2.24) is 4.90 Å². The molecule has 1 heterocycles. The van der Waals surface area contributed by atoms with Gasteiger partial charge in [-0.15, -0.1) is 0 Å². The molecule has 0 bridgehead atoms. The molecule has 152 valence electrons. The van der Waals surface area contributed by atoms with Gasteiger partial charge in [0.05, 0.1) is 18.1 Å². The lowest BCUT2D eigenvalue weighted by Crippen LogP contribution is -2.32. The lowest BCUT2D eigenvalue weighted by molar-refractivity contribution is -0.123. The number of rotatable bonds is 8. The molecule has 29 heavy (non-hydrogen) atoms. The van der Waals surface area contributed by atoms with Crippen LogP contribution >= 0.6 is 27.7 Å². The molecule has 0 spiro atoms. The van der Waals surface area contributed by atoms with Crippen LogP contribution in [0.4, 0.5) is 4.79 Å². The summed E-state index contributed by atoms with van der Waals surface area (Å²) in [6.45, 7) is 5.06. The van der Waals surface area contributed by atoms with E-state index >= 15 is 0 Å². The summed E-state index contributed by atoms with van der Waals surface area (Å²) < 4.78 is 12.3. The first-order valence-corrected chi connectivity index (χ1v) is 11.0. The Morgan fingerprint density at radius 3 is 2.55 bits per heavy atom. The van der Waals surface area contributed by atoms with Crippen molar-refractivity contribution in [3.05, 3.63) is 63.0 Å². The Morgan fingerprint density at radius 2 is 1.83 bits per heavy atom. The summed E-state index contributed by atoms with van der Waals surface area (Å²) in [5, 5.41) is -0.292. The van der Waals surface area contributed by atoms with Crippen LogP contribution in [-0.4, -0.2) is 35.8 Å². The number of halogens is 1. The van der Waals surface area contributed by atoms with E-state index in [1.165, 1.54) is 4.90 Å². The second kappa shape index (κ2) is 9.98. The number of amides is 2. The third-order valence-corrected chi connectivity index (χ3v) is 5.60. The number of hydrogen-bond donors (Lipinski definition) is 0. The van der Waals surface area contributed by atoms with Crippen molar-refractivity contribution in [2.75, 3.05) is 19.8 Å². The van der Waals surface area contributed by atoms with E-state index in [0.29, 0.717) is 23.0 Å². The molecule has 7 heteroatoms. The fourth-order valence-electron chi connectivity index (χ4n) is 2.70. The summed E-state index contributed by atoms with van der Waals surface area (Å²) in [5.41, 5.74) is 1.90. The molecule has 1 saturated heterocycles. The smallest absolute Gasteiger partial charge is 0.293 e. The molecule has 0 aromatic heterocycles. The monoisotopic (exact) mass is 475 g/mol. The molecular weight excluding hydrogens is 454 g/mol. The molecule has 1 aliphatic rings. The number of carbonyl (C=O) groups excluding carboxylic acids is 2. The third-order valence-electron chi connectivity index (χ3n) is 4.20. The van der Waals surface area contributed by atoms with E-state index in [1.807, 2.05) is 56.3 Å². The summed E-state index contributed by atoms with van der Waals surface area (Å²) in [5.74, 6) is 1.09. The summed E-state index contributed by atoms with van der Waals surface area (Å²) in [6, 6.07) is 13.3. The minimum atomic E-state index is -0.311. The summed E-state index contributed by atoms with van der Waals surface area (Å²) in [6.07, 6.45) is 2.59. The molecule has 0 unspecified atom stereocenters. The Labute approximate surface area is 183 Å². The van der Waals surface area contributed by atoms with Crippen LogP contribution in [0.5, 0.6) is 11.5 Å². The van der Waals surface area contributed by atoms with Crippen LogP contribution in [0.2, 0.25) is 0 Å². The van der Waals surface area contributed by atoms with Crippen LogP contribution in [0.1, 0.15) is 24.5 Å². The van der Waals surface area contributed by atoms with Gasteiger partial charge in [-0.3, -0.25) is 14.5 Å². The lowest BCUT2D eigenvalue weighted by Gasteiger charge is -2.13. The topological polar surface area (TPSA) is 55.8 Å². The number of aryl methyl sites for hydroxylation is 1. The van der Waals surface area contributed by atoms with Crippen molar-refractivity contribution in [1.29, 1.82) is 0 Å². The van der Waals surface area contributed by atoms with Crippen LogP contribution < -0.4 is 9.47 Å². The molecular formula is C22H22BrNO4S. The molecule has 0 N–H and O–H groups in total. The van der Waals surface area contributed by atoms with Gasteiger partial charge in [-0.2, -0.15) is 0 Å². The lowest BCUT2D eigenvalue weighted by atomic mass is 10.2. The zero-order valence-corrected chi connectivity index (χ0v) is 18.7. The first-order chi connectivity index (χ1) is 14.0. The van der Waals surface area contributed by atoms with E-state index in [2.05, 4.69) is 15.9 Å². The number of benzene rings is 2. The van der Waals surface area contributed by atoms with Crippen LogP contribution in [0, 0.1) is 6.92 Å². The van der Waals surface area contributed by atoms with E-state index in [1.54, 1.807) is 6.08 Å². The van der Waals surface area contributed by atoms with Crippen molar-refractivity contribution in [3.63, 3.8) is 0 Å². The van der Waals surface area contributed by atoms with Gasteiger partial charge in [0.15, 0.2) is 0 Å². The Balaban J connectivity index is 1.68. The molecule has 5 nitrogen and oxygen atoms in total. The number of ether oxygens (including phenoxy) is 2. The van der Waals surface area contributed by atoms with Gasteiger partial charge in [-0.05, 0) is 61.5 Å². The SMILES string of the molecule is CCCOc1ccc(Br)cc1/C=C1\SC(=O)N(CCOc2ccc(C)cc2)C1=O. The molecule has 1 fully saturated rings. The fraction of sp³-hybridized carbons (Fsp3) is 0.273. The fourth-order valence-corrected chi connectivity index (χ4v) is 3.93. The van der Waals surface area contributed by atoms with Crippen LogP contribution in [0.25, 0.3) is 6.08 Å². The number of imide groups is 1. The van der Waals surface area contributed by atoms with Gasteiger partial charge in [-0.25, -0.2) is 0 Å². The predicted molar refractivity (Wildman–Crippen MR) is 119 cm³/mol. The van der Waals surface area contributed by atoms with E-state index in [4.69, 9.17) is 9.47 Å². The Bertz CT molecular complexity index is 927. The highest BCUT2D eigenvalue weighted by Crippen LogP contribution is 2.34. The zero-order chi connectivity index (χ0) is 20.8. The molecule has 0 atom stereocenters. The van der Waals surface area contributed by atoms with E-state index < -0.39 is 0 Å². The molecule has 0 saturated carbocycles. The molecule has 2 amide bonds. The van der Waals surface area contributed by atoms with Crippen LogP contribution in [0.3, 0.4) is 0 Å². The van der Waals surface area contributed by atoms with Gasteiger partial charge in [0, 0.05) is 10.0 Å². The van der Waals surface area contributed by atoms with Crippen LogP contribution in [-0.2, 0) is 4.79 Å². The summed E-state index contributed by atoms with van der Waals surface area (Å²) in [4.78, 5) is 26.6. The molecule has 3 rings (SSSR count). The van der Waals surface area contributed by atoms with Crippen molar-refractivity contribution >= 4 is 44.9 Å². The Hall–Kier alpha value is -2.25. The van der Waals surface area contributed by atoms with Crippen molar-refractivity contribution in [2.24, 2.45) is 0 Å². The quantitative estimate of drug-likeness (QED) is 0.460. The average Bonchev–Trinajstić information content (AvgIpc) is 2.96. The largest absolute Gasteiger partial charge is 0.493 e. The van der Waals surface area contributed by atoms with Gasteiger partial charge in [0.25, 0.3) is 11.1 Å². The maximum absolute atomic E-state index is 12.7. The zero-order valence-electron chi connectivity index (χ0n) is 16.3. The second-order valence-corrected chi connectivity index (χ2v) is 8.43. The highest BCUT2D eigenvalue weighted by Gasteiger charge is 2.35. The average molecular weight is 476 g/mol.